The van der Waals surface area contributed by atoms with Gasteiger partial charge in [0.1, 0.15) is 5.52 Å². The molecule has 2 N–H and O–H groups in total. The molecule has 0 amide bonds. The Balaban J connectivity index is 1.74. The molecule has 2 aliphatic heterocycles. The van der Waals surface area contributed by atoms with Crippen molar-refractivity contribution in [3.8, 4) is 5.88 Å². The third-order valence-corrected chi connectivity index (χ3v) is 5.45. The van der Waals surface area contributed by atoms with Crippen molar-refractivity contribution < 1.29 is 9.47 Å². The van der Waals surface area contributed by atoms with E-state index in [2.05, 4.69) is 14.9 Å². The maximum absolute atomic E-state index is 5.88. The Kier molecular flexibility index (Phi) is 2.93. The number of aromatic nitrogens is 2. The summed E-state index contributed by atoms with van der Waals surface area (Å²) in [5.41, 5.74) is 8.08. The predicted octanol–water partition coefficient (Wildman–Crippen LogP) is 1.90. The Bertz CT molecular complexity index is 681. The van der Waals surface area contributed by atoms with Gasteiger partial charge >= 0.3 is 0 Å². The van der Waals surface area contributed by atoms with Gasteiger partial charge in [-0.25, -0.2) is 9.97 Å². The molecule has 2 aromatic heterocycles. The average molecular weight is 306 g/mol. The number of fused-ring (bicyclic) bond motifs is 1. The molecule has 1 atom stereocenters. The minimum atomic E-state index is 0.322. The van der Waals surface area contributed by atoms with Crippen LogP contribution in [0.25, 0.3) is 10.2 Å². The van der Waals surface area contributed by atoms with Crippen LogP contribution in [-0.4, -0.2) is 43.4 Å². The molecular weight excluding hydrogens is 288 g/mol. The SMILES string of the molecule is COc1ncc(N2CCC3(CCOC3)C2)c2sc(N)nc12. The van der Waals surface area contributed by atoms with Gasteiger partial charge in [0.05, 0.1) is 30.3 Å². The van der Waals surface area contributed by atoms with Crippen molar-refractivity contribution in [2.24, 2.45) is 5.41 Å². The maximum atomic E-state index is 5.88. The molecule has 2 fully saturated rings. The van der Waals surface area contributed by atoms with Gasteiger partial charge < -0.3 is 20.1 Å². The molecular formula is C14H18N4O2S. The minimum Gasteiger partial charge on any atom is -0.479 e. The van der Waals surface area contributed by atoms with Crippen molar-refractivity contribution in [1.82, 2.24) is 9.97 Å². The molecule has 6 nitrogen and oxygen atoms in total. The van der Waals surface area contributed by atoms with Crippen molar-refractivity contribution >= 4 is 32.4 Å². The summed E-state index contributed by atoms with van der Waals surface area (Å²) in [6.07, 6.45) is 4.21. The number of pyridine rings is 1. The first kappa shape index (κ1) is 13.1. The molecule has 2 aliphatic rings. The number of hydrogen-bond donors (Lipinski definition) is 1. The van der Waals surface area contributed by atoms with E-state index in [-0.39, 0.29) is 0 Å². The highest BCUT2D eigenvalue weighted by Crippen LogP contribution is 2.43. The minimum absolute atomic E-state index is 0.322. The van der Waals surface area contributed by atoms with Gasteiger partial charge in [-0.1, -0.05) is 11.3 Å². The molecule has 21 heavy (non-hydrogen) atoms. The normalized spacial score (nSPS) is 25.3. The Labute approximate surface area is 126 Å². The first-order valence-corrected chi connectivity index (χ1v) is 7.94. The number of anilines is 2. The predicted molar refractivity (Wildman–Crippen MR) is 83.1 cm³/mol. The highest BCUT2D eigenvalue weighted by atomic mass is 32.1. The van der Waals surface area contributed by atoms with Crippen LogP contribution in [0, 0.1) is 5.41 Å². The second-order valence-corrected chi connectivity index (χ2v) is 6.89. The van der Waals surface area contributed by atoms with Crippen LogP contribution in [0.3, 0.4) is 0 Å². The quantitative estimate of drug-likeness (QED) is 0.913. The number of nitrogens with two attached hydrogens (primary N) is 1. The average Bonchev–Trinajstić information content (AvgIpc) is 3.19. The van der Waals surface area contributed by atoms with E-state index < -0.39 is 0 Å². The van der Waals surface area contributed by atoms with Gasteiger partial charge in [0.15, 0.2) is 5.13 Å². The smallest absolute Gasteiger partial charge is 0.241 e. The molecule has 0 saturated carbocycles. The largest absolute Gasteiger partial charge is 0.479 e. The van der Waals surface area contributed by atoms with Gasteiger partial charge in [0.2, 0.25) is 5.88 Å². The molecule has 0 aromatic carbocycles. The van der Waals surface area contributed by atoms with E-state index in [4.69, 9.17) is 15.2 Å². The highest BCUT2D eigenvalue weighted by Gasteiger charge is 2.42. The molecule has 1 spiro atoms. The molecule has 0 aliphatic carbocycles. The topological polar surface area (TPSA) is 73.5 Å². The van der Waals surface area contributed by atoms with Crippen molar-refractivity contribution in [2.45, 2.75) is 12.8 Å². The Hall–Kier alpha value is -1.60. The van der Waals surface area contributed by atoms with Gasteiger partial charge in [-0.05, 0) is 12.8 Å². The van der Waals surface area contributed by atoms with Crippen LogP contribution in [-0.2, 0) is 4.74 Å². The summed E-state index contributed by atoms with van der Waals surface area (Å²) in [4.78, 5) is 11.1. The summed E-state index contributed by atoms with van der Waals surface area (Å²) >= 11 is 1.50. The molecule has 7 heteroatoms. The second-order valence-electron chi connectivity index (χ2n) is 5.86. The summed E-state index contributed by atoms with van der Waals surface area (Å²) in [5, 5.41) is 0.552. The molecule has 4 rings (SSSR count). The lowest BCUT2D eigenvalue weighted by Gasteiger charge is -2.23. The number of methoxy groups -OCH3 is 1. The fraction of sp³-hybridized carbons (Fsp3) is 0.571. The van der Waals surface area contributed by atoms with Crippen LogP contribution in [0.1, 0.15) is 12.8 Å². The number of ether oxygens (including phenoxy) is 2. The molecule has 1 unspecified atom stereocenters. The van der Waals surface area contributed by atoms with E-state index in [1.54, 1.807) is 7.11 Å². The molecule has 0 bridgehead atoms. The molecule has 2 aromatic rings. The fourth-order valence-electron chi connectivity index (χ4n) is 3.38. The number of nitrogens with zero attached hydrogens (tertiary/aromatic N) is 3. The van der Waals surface area contributed by atoms with E-state index in [1.165, 1.54) is 17.8 Å². The highest BCUT2D eigenvalue weighted by molar-refractivity contribution is 7.22. The summed E-state index contributed by atoms with van der Waals surface area (Å²) < 4.78 is 12.0. The third-order valence-electron chi connectivity index (χ3n) is 4.54. The van der Waals surface area contributed by atoms with Crippen molar-refractivity contribution in [3.63, 3.8) is 0 Å². The molecule has 112 valence electrons. The Morgan fingerprint density at radius 2 is 2.38 bits per heavy atom. The summed E-state index contributed by atoms with van der Waals surface area (Å²) in [7, 11) is 1.61. The zero-order valence-electron chi connectivity index (χ0n) is 12.0. The molecule has 4 heterocycles. The Morgan fingerprint density at radius 1 is 1.48 bits per heavy atom. The summed E-state index contributed by atoms with van der Waals surface area (Å²) in [6, 6.07) is 0. The first-order chi connectivity index (χ1) is 10.2. The lowest BCUT2D eigenvalue weighted by Crippen LogP contribution is -2.27. The van der Waals surface area contributed by atoms with Crippen LogP contribution < -0.4 is 15.4 Å². The number of rotatable bonds is 2. The van der Waals surface area contributed by atoms with Crippen molar-refractivity contribution in [1.29, 1.82) is 0 Å². The van der Waals surface area contributed by atoms with Crippen LogP contribution >= 0.6 is 11.3 Å². The third kappa shape index (κ3) is 2.03. The first-order valence-electron chi connectivity index (χ1n) is 7.12. The van der Waals surface area contributed by atoms with Crippen LogP contribution in [0.4, 0.5) is 10.8 Å². The van der Waals surface area contributed by atoms with E-state index >= 15 is 0 Å². The van der Waals surface area contributed by atoms with Crippen molar-refractivity contribution in [3.05, 3.63) is 6.20 Å². The van der Waals surface area contributed by atoms with Gasteiger partial charge in [-0.2, -0.15) is 0 Å². The number of nitrogen functional groups attached to an aromatic ring is 1. The standard InChI is InChI=1S/C14H18N4O2S/c1-19-12-10-11(21-13(15)17-10)9(6-16-12)18-4-2-14(7-18)3-5-20-8-14/h6H,2-5,7-8H2,1H3,(H2,15,17). The zero-order valence-corrected chi connectivity index (χ0v) is 12.8. The Morgan fingerprint density at radius 3 is 3.14 bits per heavy atom. The lowest BCUT2D eigenvalue weighted by atomic mass is 9.87. The maximum Gasteiger partial charge on any atom is 0.241 e. The van der Waals surface area contributed by atoms with E-state index in [1.807, 2.05) is 6.20 Å². The van der Waals surface area contributed by atoms with Crippen molar-refractivity contribution in [2.75, 3.05) is 44.0 Å². The van der Waals surface area contributed by atoms with Crippen LogP contribution in [0.5, 0.6) is 5.88 Å². The van der Waals surface area contributed by atoms with E-state index in [9.17, 15) is 0 Å². The van der Waals surface area contributed by atoms with Crippen LogP contribution in [0.15, 0.2) is 6.20 Å². The monoisotopic (exact) mass is 306 g/mol. The van der Waals surface area contributed by atoms with E-state index in [0.717, 1.165) is 48.6 Å². The van der Waals surface area contributed by atoms with Gasteiger partial charge in [-0.15, -0.1) is 0 Å². The number of hydrogen-bond acceptors (Lipinski definition) is 7. The van der Waals surface area contributed by atoms with Gasteiger partial charge in [0.25, 0.3) is 0 Å². The fourth-order valence-corrected chi connectivity index (χ4v) is 4.24. The summed E-state index contributed by atoms with van der Waals surface area (Å²) in [6.45, 7) is 3.82. The zero-order chi connectivity index (χ0) is 14.4. The molecule has 2 saturated heterocycles. The lowest BCUT2D eigenvalue weighted by molar-refractivity contribution is 0.160. The van der Waals surface area contributed by atoms with Gasteiger partial charge in [0, 0.05) is 25.1 Å². The number of thiazole rings is 1. The molecule has 0 radical (unpaired) electrons. The summed E-state index contributed by atoms with van der Waals surface area (Å²) in [5.74, 6) is 0.541. The van der Waals surface area contributed by atoms with E-state index in [0.29, 0.717) is 16.4 Å². The van der Waals surface area contributed by atoms with Crippen LogP contribution in [0.2, 0.25) is 0 Å². The van der Waals surface area contributed by atoms with Gasteiger partial charge in [-0.3, -0.25) is 0 Å². The second kappa shape index (κ2) is 4.71.